The number of aryl methyl sites for hydroxylation is 1. The van der Waals surface area contributed by atoms with Gasteiger partial charge in [0.2, 0.25) is 5.91 Å². The summed E-state index contributed by atoms with van der Waals surface area (Å²) in [5.74, 6) is 1.10. The fourth-order valence-electron chi connectivity index (χ4n) is 3.25. The van der Waals surface area contributed by atoms with Gasteiger partial charge in [-0.3, -0.25) is 9.48 Å². The third-order valence-corrected chi connectivity index (χ3v) is 4.83. The highest BCUT2D eigenvalue weighted by atomic mass is 35.5. The molecule has 1 fully saturated rings. The number of carbonyl (C=O) groups is 1. The fraction of sp³-hybridized carbons (Fsp3) is 0.474. The molecular weight excluding hydrogens is 352 g/mol. The number of carbonyl (C=O) groups excluding carboxylic acids is 1. The number of ether oxygens (including phenoxy) is 1. The Bertz CT molecular complexity index is 737. The molecule has 1 amide bonds. The summed E-state index contributed by atoms with van der Waals surface area (Å²) in [6, 6.07) is 8.36. The maximum absolute atomic E-state index is 12.4. The van der Waals surface area contributed by atoms with E-state index >= 15 is 0 Å². The van der Waals surface area contributed by atoms with E-state index in [2.05, 4.69) is 27.9 Å². The third kappa shape index (κ3) is 4.77. The number of nitrogens with one attached hydrogen (secondary N) is 2. The van der Waals surface area contributed by atoms with Crippen molar-refractivity contribution in [2.24, 2.45) is 13.0 Å². The van der Waals surface area contributed by atoms with Crippen molar-refractivity contribution in [3.05, 3.63) is 41.1 Å². The second kappa shape index (κ2) is 9.05. The predicted octanol–water partition coefficient (Wildman–Crippen LogP) is 2.49. The van der Waals surface area contributed by atoms with Crippen LogP contribution in [0.25, 0.3) is 0 Å². The average Bonchev–Trinajstić information content (AvgIpc) is 3.20. The molecule has 1 atom stereocenters. The summed E-state index contributed by atoms with van der Waals surface area (Å²) in [6.45, 7) is 4.13. The highest BCUT2D eigenvalue weighted by Crippen LogP contribution is 2.26. The van der Waals surface area contributed by atoms with Crippen LogP contribution in [-0.2, 0) is 24.7 Å². The van der Waals surface area contributed by atoms with Crippen molar-refractivity contribution >= 4 is 24.0 Å². The zero-order valence-corrected chi connectivity index (χ0v) is 16.4. The highest BCUT2D eigenvalue weighted by Gasteiger charge is 2.17. The van der Waals surface area contributed by atoms with Gasteiger partial charge in [0.15, 0.2) is 0 Å². The molecule has 0 saturated carbocycles. The van der Waals surface area contributed by atoms with Crippen LogP contribution in [-0.4, -0.2) is 35.9 Å². The Hall–Kier alpha value is -2.05. The Morgan fingerprint density at radius 3 is 2.65 bits per heavy atom. The molecule has 0 bridgehead atoms. The average molecular weight is 379 g/mol. The molecule has 0 spiro atoms. The summed E-state index contributed by atoms with van der Waals surface area (Å²) < 4.78 is 6.92. The van der Waals surface area contributed by atoms with Crippen molar-refractivity contribution in [3.8, 4) is 5.88 Å². The van der Waals surface area contributed by atoms with Crippen LogP contribution in [0.2, 0.25) is 0 Å². The van der Waals surface area contributed by atoms with E-state index in [-0.39, 0.29) is 18.3 Å². The van der Waals surface area contributed by atoms with Crippen LogP contribution < -0.4 is 15.4 Å². The van der Waals surface area contributed by atoms with E-state index in [1.54, 1.807) is 11.8 Å². The maximum Gasteiger partial charge on any atom is 0.256 e. The van der Waals surface area contributed by atoms with Gasteiger partial charge in [-0.2, -0.15) is 0 Å². The number of amides is 1. The van der Waals surface area contributed by atoms with E-state index < -0.39 is 0 Å². The number of benzene rings is 1. The molecule has 1 aliphatic heterocycles. The van der Waals surface area contributed by atoms with E-state index in [1.807, 2.05) is 26.1 Å². The highest BCUT2D eigenvalue weighted by molar-refractivity contribution is 5.94. The molecule has 6 nitrogen and oxygen atoms in total. The molecule has 7 heteroatoms. The fourth-order valence-corrected chi connectivity index (χ4v) is 3.25. The van der Waals surface area contributed by atoms with Crippen LogP contribution in [0.3, 0.4) is 0 Å². The van der Waals surface area contributed by atoms with Crippen molar-refractivity contribution in [1.82, 2.24) is 15.1 Å². The lowest BCUT2D eigenvalue weighted by Crippen LogP contribution is -2.15. The first-order valence-corrected chi connectivity index (χ1v) is 8.72. The lowest BCUT2D eigenvalue weighted by Gasteiger charge is -2.09. The number of hydrogen-bond donors (Lipinski definition) is 2. The molecule has 1 aliphatic rings. The minimum absolute atomic E-state index is 0. The summed E-state index contributed by atoms with van der Waals surface area (Å²) in [5, 5.41) is 10.5. The van der Waals surface area contributed by atoms with E-state index in [1.165, 1.54) is 12.0 Å². The largest absolute Gasteiger partial charge is 0.478 e. The molecule has 2 N–H and O–H groups in total. The van der Waals surface area contributed by atoms with E-state index in [0.717, 1.165) is 36.7 Å². The van der Waals surface area contributed by atoms with Crippen LogP contribution in [0.1, 0.15) is 23.2 Å². The lowest BCUT2D eigenvalue weighted by molar-refractivity contribution is -0.115. The Morgan fingerprint density at radius 2 is 2.04 bits per heavy atom. The molecule has 1 aromatic carbocycles. The van der Waals surface area contributed by atoms with Crippen molar-refractivity contribution in [2.45, 2.75) is 26.2 Å². The Kier molecular flexibility index (Phi) is 7.06. The molecule has 2 aromatic rings. The molecule has 1 unspecified atom stereocenters. The van der Waals surface area contributed by atoms with E-state index in [9.17, 15) is 4.79 Å². The first-order chi connectivity index (χ1) is 12.1. The minimum atomic E-state index is -0.0675. The third-order valence-electron chi connectivity index (χ3n) is 4.83. The van der Waals surface area contributed by atoms with E-state index in [0.29, 0.717) is 18.0 Å². The molecule has 26 heavy (non-hydrogen) atoms. The van der Waals surface area contributed by atoms with Crippen molar-refractivity contribution < 1.29 is 9.53 Å². The minimum Gasteiger partial charge on any atom is -0.478 e. The summed E-state index contributed by atoms with van der Waals surface area (Å²) >= 11 is 0. The summed E-state index contributed by atoms with van der Waals surface area (Å²) in [5.41, 5.74) is 3.85. The number of hydrogen-bond acceptors (Lipinski definition) is 4. The standard InChI is InChI=1S/C19H26N4O2.ClH/c1-13-18(19(25-3)22-23(13)2)21-17(24)11-15-6-4-14(5-7-15)10-16-8-9-20-12-16;/h4-7,16,20H,8-12H2,1-3H3,(H,21,24);1H. The Balaban J connectivity index is 0.00000243. The Morgan fingerprint density at radius 1 is 1.35 bits per heavy atom. The summed E-state index contributed by atoms with van der Waals surface area (Å²) in [4.78, 5) is 12.4. The molecule has 0 radical (unpaired) electrons. The van der Waals surface area contributed by atoms with Crippen molar-refractivity contribution in [1.29, 1.82) is 0 Å². The lowest BCUT2D eigenvalue weighted by atomic mass is 9.97. The van der Waals surface area contributed by atoms with Gasteiger partial charge >= 0.3 is 0 Å². The van der Waals surface area contributed by atoms with Gasteiger partial charge in [0.05, 0.1) is 19.2 Å². The molecule has 2 heterocycles. The van der Waals surface area contributed by atoms with Gasteiger partial charge in [0.1, 0.15) is 5.69 Å². The maximum atomic E-state index is 12.4. The second-order valence-corrected chi connectivity index (χ2v) is 6.70. The van der Waals surface area contributed by atoms with Gasteiger partial charge in [-0.05, 0) is 49.9 Å². The SMILES string of the molecule is COc1nn(C)c(C)c1NC(=O)Cc1ccc(CC2CCNC2)cc1.Cl. The quantitative estimate of drug-likeness (QED) is 0.810. The number of nitrogens with zero attached hydrogens (tertiary/aromatic N) is 2. The molecule has 142 valence electrons. The van der Waals surface area contributed by atoms with Crippen LogP contribution >= 0.6 is 12.4 Å². The van der Waals surface area contributed by atoms with E-state index in [4.69, 9.17) is 4.74 Å². The van der Waals surface area contributed by atoms with Crippen LogP contribution in [0.5, 0.6) is 5.88 Å². The number of halogens is 1. The van der Waals surface area contributed by atoms with Gasteiger partial charge in [-0.25, -0.2) is 0 Å². The summed E-state index contributed by atoms with van der Waals surface area (Å²) in [6.07, 6.45) is 2.69. The molecule has 3 rings (SSSR count). The van der Waals surface area contributed by atoms with Crippen molar-refractivity contribution in [2.75, 3.05) is 25.5 Å². The topological polar surface area (TPSA) is 68.2 Å². The molecule has 1 aromatic heterocycles. The number of rotatable bonds is 6. The first kappa shape index (κ1) is 20.3. The molecule has 0 aliphatic carbocycles. The van der Waals surface area contributed by atoms with Gasteiger partial charge in [0, 0.05) is 7.05 Å². The normalized spacial score (nSPS) is 16.2. The summed E-state index contributed by atoms with van der Waals surface area (Å²) in [7, 11) is 3.38. The number of anilines is 1. The van der Waals surface area contributed by atoms with Crippen molar-refractivity contribution in [3.63, 3.8) is 0 Å². The second-order valence-electron chi connectivity index (χ2n) is 6.70. The molecule has 1 saturated heterocycles. The zero-order valence-electron chi connectivity index (χ0n) is 15.5. The predicted molar refractivity (Wildman–Crippen MR) is 105 cm³/mol. The van der Waals surface area contributed by atoms with Gasteiger partial charge in [0.25, 0.3) is 5.88 Å². The zero-order chi connectivity index (χ0) is 17.8. The smallest absolute Gasteiger partial charge is 0.256 e. The van der Waals surface area contributed by atoms with Crippen LogP contribution in [0.4, 0.5) is 5.69 Å². The van der Waals surface area contributed by atoms with Crippen LogP contribution in [0.15, 0.2) is 24.3 Å². The number of aromatic nitrogens is 2. The Labute approximate surface area is 160 Å². The first-order valence-electron chi connectivity index (χ1n) is 8.72. The monoisotopic (exact) mass is 378 g/mol. The van der Waals surface area contributed by atoms with Gasteiger partial charge in [-0.1, -0.05) is 24.3 Å². The van der Waals surface area contributed by atoms with Crippen LogP contribution in [0, 0.1) is 12.8 Å². The van der Waals surface area contributed by atoms with Gasteiger partial charge in [-0.15, -0.1) is 17.5 Å². The van der Waals surface area contributed by atoms with Gasteiger partial charge < -0.3 is 15.4 Å². The molecular formula is C19H27ClN4O2. The number of methoxy groups -OCH3 is 1.